The van der Waals surface area contributed by atoms with Crippen LogP contribution in [0, 0.1) is 46.3 Å². The van der Waals surface area contributed by atoms with E-state index in [9.17, 15) is 4.79 Å². The second-order valence-corrected chi connectivity index (χ2v) is 12.8. The Bertz CT molecular complexity index is 640. The third kappa shape index (κ3) is 3.90. The van der Waals surface area contributed by atoms with Crippen LogP contribution in [0.5, 0.6) is 0 Å². The van der Waals surface area contributed by atoms with Gasteiger partial charge in [0.25, 0.3) is 0 Å². The van der Waals surface area contributed by atoms with Crippen molar-refractivity contribution < 1.29 is 4.79 Å². The largest absolute Gasteiger partial charge is 0.299 e. The number of ketones is 1. The fourth-order valence-corrected chi connectivity index (χ4v) is 9.39. The Morgan fingerprint density at radius 1 is 0.966 bits per heavy atom. The van der Waals surface area contributed by atoms with Gasteiger partial charge in [-0.3, -0.25) is 4.79 Å². The summed E-state index contributed by atoms with van der Waals surface area (Å²) >= 11 is 5.14. The Morgan fingerprint density at radius 2 is 1.72 bits per heavy atom. The Morgan fingerprint density at radius 3 is 2.48 bits per heavy atom. The fraction of sp³-hybridized carbons (Fsp3) is 0.926. The van der Waals surface area contributed by atoms with Gasteiger partial charge < -0.3 is 0 Å². The zero-order chi connectivity index (χ0) is 20.8. The Kier molecular flexibility index (Phi) is 6.33. The smallest absolute Gasteiger partial charge is 0.137 e. The summed E-state index contributed by atoms with van der Waals surface area (Å²) in [7, 11) is 0. The number of Topliss-reactive ketones (excluding diaryl/α,β-unsaturated/α-hetero) is 1. The zero-order valence-electron chi connectivity index (χ0n) is 19.5. The van der Waals surface area contributed by atoms with Crippen LogP contribution >= 0.6 is 12.2 Å². The maximum absolute atomic E-state index is 12.2. The lowest BCUT2D eigenvalue weighted by atomic mass is 9.44. The summed E-state index contributed by atoms with van der Waals surface area (Å²) in [6, 6.07) is 0. The molecule has 4 rings (SSSR count). The maximum Gasteiger partial charge on any atom is 0.137 e. The van der Waals surface area contributed by atoms with Crippen LogP contribution in [0.15, 0.2) is 0 Å². The van der Waals surface area contributed by atoms with Crippen LogP contribution in [0.25, 0.3) is 0 Å². The second-order valence-electron chi connectivity index (χ2n) is 12.1. The van der Waals surface area contributed by atoms with Crippen molar-refractivity contribution in [2.24, 2.45) is 46.3 Å². The van der Waals surface area contributed by atoms with Crippen LogP contribution in [-0.4, -0.2) is 10.6 Å². The van der Waals surface area contributed by atoms with Crippen LogP contribution in [0.1, 0.15) is 111 Å². The average Bonchev–Trinajstić information content (AvgIpc) is 3.02. The Labute approximate surface area is 185 Å². The summed E-state index contributed by atoms with van der Waals surface area (Å²) < 4.78 is 0. The lowest BCUT2D eigenvalue weighted by Crippen LogP contribution is -2.53. The molecular formula is C27H44OS. The molecule has 8 unspecified atom stereocenters. The minimum atomic E-state index is 0.358. The quantitative estimate of drug-likeness (QED) is 0.411. The number of carbonyl (C=O) groups excluding carboxylic acids is 1. The molecule has 29 heavy (non-hydrogen) atoms. The summed E-state index contributed by atoms with van der Waals surface area (Å²) in [5.74, 6) is 5.83. The molecule has 164 valence electrons. The van der Waals surface area contributed by atoms with Crippen molar-refractivity contribution in [1.82, 2.24) is 0 Å². The molecule has 0 amide bonds. The second kappa shape index (κ2) is 8.36. The van der Waals surface area contributed by atoms with Crippen molar-refractivity contribution in [3.63, 3.8) is 0 Å². The predicted octanol–water partition coefficient (Wildman–Crippen LogP) is 7.80. The van der Waals surface area contributed by atoms with Gasteiger partial charge in [-0.05, 0) is 116 Å². The molecule has 0 aromatic heterocycles. The average molecular weight is 417 g/mol. The van der Waals surface area contributed by atoms with E-state index in [1.165, 1.54) is 64.2 Å². The molecule has 4 aliphatic rings. The monoisotopic (exact) mass is 416 g/mol. The van der Waals surface area contributed by atoms with Crippen molar-refractivity contribution in [3.05, 3.63) is 0 Å². The van der Waals surface area contributed by atoms with Crippen LogP contribution in [0.4, 0.5) is 0 Å². The van der Waals surface area contributed by atoms with E-state index in [-0.39, 0.29) is 0 Å². The van der Waals surface area contributed by atoms with E-state index in [1.54, 1.807) is 0 Å². The summed E-state index contributed by atoms with van der Waals surface area (Å²) in [5, 5.41) is 0. The topological polar surface area (TPSA) is 17.1 Å². The lowest BCUT2D eigenvalue weighted by molar-refractivity contribution is -0.119. The summed E-state index contributed by atoms with van der Waals surface area (Å²) in [6.45, 7) is 9.69. The molecule has 0 aromatic carbocycles. The van der Waals surface area contributed by atoms with Gasteiger partial charge in [0.15, 0.2) is 0 Å². The summed E-state index contributed by atoms with van der Waals surface area (Å²) in [4.78, 5) is 13.1. The molecule has 0 bridgehead atoms. The zero-order valence-corrected chi connectivity index (χ0v) is 20.3. The number of hydrogen-bond donors (Lipinski definition) is 0. The predicted molar refractivity (Wildman–Crippen MR) is 126 cm³/mol. The number of fused-ring (bicyclic) bond motifs is 5. The first-order chi connectivity index (χ1) is 13.8. The van der Waals surface area contributed by atoms with Gasteiger partial charge in [-0.1, -0.05) is 45.8 Å². The fourth-order valence-electron chi connectivity index (χ4n) is 9.23. The third-order valence-electron chi connectivity index (χ3n) is 10.7. The van der Waals surface area contributed by atoms with Crippen molar-refractivity contribution in [2.45, 2.75) is 111 Å². The summed E-state index contributed by atoms with van der Waals surface area (Å²) in [6.07, 6.45) is 17.1. The normalized spacial score (nSPS) is 45.0. The Balaban J connectivity index is 1.44. The molecule has 2 heteroatoms. The summed E-state index contributed by atoms with van der Waals surface area (Å²) in [5.41, 5.74) is 1.18. The standard InChI is InChI=1S/C27H44OS/c1-18(8-10-21(28)17-19(2)29)23-12-13-24-22-11-9-20-7-5-6-15-26(20,3)25(22)14-16-27(23,24)4/h18,20,22-25H,5-17H2,1-4H3. The molecule has 0 N–H and O–H groups in total. The van der Waals surface area contributed by atoms with Crippen LogP contribution in [-0.2, 0) is 4.79 Å². The van der Waals surface area contributed by atoms with Gasteiger partial charge in [0.1, 0.15) is 5.78 Å². The molecule has 0 radical (unpaired) electrons. The van der Waals surface area contributed by atoms with E-state index in [0.29, 0.717) is 29.0 Å². The first-order valence-corrected chi connectivity index (χ1v) is 13.2. The van der Waals surface area contributed by atoms with E-state index in [4.69, 9.17) is 12.2 Å². The SMILES string of the molecule is CC(=S)CC(=O)CCC(C)C1CCC2C3CCC4CCCCC4(C)C3CCC12C. The maximum atomic E-state index is 12.2. The van der Waals surface area contributed by atoms with Gasteiger partial charge in [-0.25, -0.2) is 0 Å². The molecule has 0 spiro atoms. The number of rotatable bonds is 6. The molecule has 4 aliphatic carbocycles. The van der Waals surface area contributed by atoms with Gasteiger partial charge in [-0.15, -0.1) is 0 Å². The molecule has 0 aromatic rings. The molecule has 4 saturated carbocycles. The van der Waals surface area contributed by atoms with Gasteiger partial charge in [0.2, 0.25) is 0 Å². The molecule has 1 nitrogen and oxygen atoms in total. The lowest BCUT2D eigenvalue weighted by Gasteiger charge is -2.61. The highest BCUT2D eigenvalue weighted by Gasteiger charge is 2.60. The number of hydrogen-bond acceptors (Lipinski definition) is 2. The molecule has 0 aliphatic heterocycles. The highest BCUT2D eigenvalue weighted by atomic mass is 32.1. The van der Waals surface area contributed by atoms with Crippen LogP contribution < -0.4 is 0 Å². The number of carbonyl (C=O) groups is 1. The Hall–Kier alpha value is -0.240. The molecule has 4 fully saturated rings. The van der Waals surface area contributed by atoms with E-state index < -0.39 is 0 Å². The van der Waals surface area contributed by atoms with E-state index >= 15 is 0 Å². The van der Waals surface area contributed by atoms with Gasteiger partial charge in [0.05, 0.1) is 0 Å². The molecular weight excluding hydrogens is 372 g/mol. The van der Waals surface area contributed by atoms with Crippen molar-refractivity contribution in [1.29, 1.82) is 0 Å². The molecule has 8 atom stereocenters. The van der Waals surface area contributed by atoms with E-state index in [0.717, 1.165) is 47.3 Å². The van der Waals surface area contributed by atoms with Crippen LogP contribution in [0.2, 0.25) is 0 Å². The molecule has 0 saturated heterocycles. The number of thiocarbonyl (C=S) groups is 1. The highest BCUT2D eigenvalue weighted by Crippen LogP contribution is 2.68. The van der Waals surface area contributed by atoms with E-state index in [2.05, 4.69) is 20.8 Å². The highest BCUT2D eigenvalue weighted by molar-refractivity contribution is 7.80. The first kappa shape index (κ1) is 22.0. The van der Waals surface area contributed by atoms with Gasteiger partial charge >= 0.3 is 0 Å². The van der Waals surface area contributed by atoms with Gasteiger partial charge in [-0.2, -0.15) is 0 Å². The first-order valence-electron chi connectivity index (χ1n) is 12.8. The van der Waals surface area contributed by atoms with Gasteiger partial charge in [0, 0.05) is 12.8 Å². The minimum absolute atomic E-state index is 0.358. The van der Waals surface area contributed by atoms with Crippen molar-refractivity contribution in [3.8, 4) is 0 Å². The van der Waals surface area contributed by atoms with E-state index in [1.807, 2.05) is 6.92 Å². The van der Waals surface area contributed by atoms with Crippen molar-refractivity contribution >= 4 is 22.9 Å². The van der Waals surface area contributed by atoms with Crippen LogP contribution in [0.3, 0.4) is 0 Å². The van der Waals surface area contributed by atoms with Crippen molar-refractivity contribution in [2.75, 3.05) is 0 Å². The minimum Gasteiger partial charge on any atom is -0.299 e. The molecule has 0 heterocycles. The third-order valence-corrected chi connectivity index (χ3v) is 10.8.